The van der Waals surface area contributed by atoms with Crippen molar-refractivity contribution in [2.45, 2.75) is 32.6 Å². The van der Waals surface area contributed by atoms with Gasteiger partial charge in [-0.15, -0.1) is 0 Å². The Bertz CT molecular complexity index is 468. The molecule has 122 valence electrons. The summed E-state index contributed by atoms with van der Waals surface area (Å²) >= 11 is 0. The van der Waals surface area contributed by atoms with Crippen molar-refractivity contribution >= 4 is 11.9 Å². The summed E-state index contributed by atoms with van der Waals surface area (Å²) < 4.78 is 10.5. The molecule has 1 aromatic rings. The van der Waals surface area contributed by atoms with Crippen LogP contribution in [0.2, 0.25) is 0 Å². The van der Waals surface area contributed by atoms with E-state index in [-0.39, 0.29) is 11.9 Å². The van der Waals surface area contributed by atoms with Crippen molar-refractivity contribution in [3.63, 3.8) is 0 Å². The molecule has 0 saturated heterocycles. The molecule has 0 heterocycles. The number of esters is 1. The molecule has 0 unspecified atom stereocenters. The highest BCUT2D eigenvalue weighted by Gasteiger charge is 2.05. The van der Waals surface area contributed by atoms with Crippen molar-refractivity contribution in [3.05, 3.63) is 29.8 Å². The van der Waals surface area contributed by atoms with Crippen molar-refractivity contribution in [2.75, 3.05) is 19.8 Å². The Hall–Kier alpha value is -2.24. The van der Waals surface area contributed by atoms with Crippen LogP contribution in [0.4, 0.5) is 0 Å². The van der Waals surface area contributed by atoms with E-state index in [1.807, 2.05) is 0 Å². The molecule has 1 rings (SSSR count). The van der Waals surface area contributed by atoms with Gasteiger partial charge in [0.15, 0.2) is 5.96 Å². The number of hydrogen-bond donors (Lipinski definition) is 2. The van der Waals surface area contributed by atoms with Gasteiger partial charge in [-0.25, -0.2) is 4.79 Å². The Labute approximate surface area is 131 Å². The second-order valence-electron chi connectivity index (χ2n) is 4.81. The summed E-state index contributed by atoms with van der Waals surface area (Å²) in [6, 6.07) is 6.99. The zero-order valence-corrected chi connectivity index (χ0v) is 13.1. The van der Waals surface area contributed by atoms with E-state index in [9.17, 15) is 4.79 Å². The molecule has 0 amide bonds. The van der Waals surface area contributed by atoms with Gasteiger partial charge < -0.3 is 20.9 Å². The van der Waals surface area contributed by atoms with Crippen LogP contribution in [0, 0.1) is 0 Å². The van der Waals surface area contributed by atoms with Crippen LogP contribution in [-0.4, -0.2) is 31.7 Å². The third-order valence-corrected chi connectivity index (χ3v) is 2.98. The summed E-state index contributed by atoms with van der Waals surface area (Å²) in [5.74, 6) is 0.595. The van der Waals surface area contributed by atoms with E-state index in [0.29, 0.717) is 25.3 Å². The maximum absolute atomic E-state index is 11.5. The summed E-state index contributed by atoms with van der Waals surface area (Å²) in [4.78, 5) is 15.4. The van der Waals surface area contributed by atoms with Crippen LogP contribution >= 0.6 is 0 Å². The van der Waals surface area contributed by atoms with E-state index in [4.69, 9.17) is 20.9 Å². The first kappa shape index (κ1) is 17.8. The summed E-state index contributed by atoms with van der Waals surface area (Å²) in [6.07, 6.45) is 4.09. The number of carbonyl (C=O) groups excluding carboxylic acids is 1. The fourth-order valence-corrected chi connectivity index (χ4v) is 1.87. The Morgan fingerprint density at radius 1 is 1.09 bits per heavy atom. The largest absolute Gasteiger partial charge is 0.494 e. The van der Waals surface area contributed by atoms with E-state index in [1.54, 1.807) is 31.2 Å². The number of rotatable bonds is 10. The highest BCUT2D eigenvalue weighted by molar-refractivity contribution is 5.89. The lowest BCUT2D eigenvalue weighted by Gasteiger charge is -2.07. The lowest BCUT2D eigenvalue weighted by molar-refractivity contribution is 0.0526. The standard InChI is InChI=1S/C16H25N3O3/c1-2-21-15(20)13-7-9-14(10-8-13)22-12-6-4-3-5-11-19-16(17)18/h7-10H,2-6,11-12H2,1H3,(H4,17,18,19). The van der Waals surface area contributed by atoms with Crippen molar-refractivity contribution in [1.82, 2.24) is 0 Å². The van der Waals surface area contributed by atoms with Crippen molar-refractivity contribution in [3.8, 4) is 5.75 Å². The van der Waals surface area contributed by atoms with Gasteiger partial charge in [-0.3, -0.25) is 4.99 Å². The molecule has 0 saturated carbocycles. The number of benzene rings is 1. The van der Waals surface area contributed by atoms with Gasteiger partial charge in [0, 0.05) is 6.54 Å². The first-order valence-corrected chi connectivity index (χ1v) is 7.59. The molecular weight excluding hydrogens is 282 g/mol. The first-order valence-electron chi connectivity index (χ1n) is 7.59. The zero-order chi connectivity index (χ0) is 16.2. The quantitative estimate of drug-likeness (QED) is 0.298. The van der Waals surface area contributed by atoms with Gasteiger partial charge in [0.25, 0.3) is 0 Å². The van der Waals surface area contributed by atoms with Gasteiger partial charge in [-0.2, -0.15) is 0 Å². The maximum Gasteiger partial charge on any atom is 0.338 e. The lowest BCUT2D eigenvalue weighted by Crippen LogP contribution is -2.22. The Kier molecular flexibility index (Phi) is 8.49. The van der Waals surface area contributed by atoms with Crippen LogP contribution in [0.15, 0.2) is 29.3 Å². The topological polar surface area (TPSA) is 99.9 Å². The minimum Gasteiger partial charge on any atom is -0.494 e. The number of ether oxygens (including phenoxy) is 2. The van der Waals surface area contributed by atoms with E-state index in [0.717, 1.165) is 31.4 Å². The number of guanidine groups is 1. The molecule has 4 N–H and O–H groups in total. The zero-order valence-electron chi connectivity index (χ0n) is 13.1. The second-order valence-corrected chi connectivity index (χ2v) is 4.81. The molecule has 0 aromatic heterocycles. The molecule has 0 atom stereocenters. The predicted octanol–water partition coefficient (Wildman–Crippen LogP) is 2.08. The molecule has 0 aliphatic heterocycles. The number of hydrogen-bond acceptors (Lipinski definition) is 4. The lowest BCUT2D eigenvalue weighted by atomic mass is 10.2. The molecule has 0 bridgehead atoms. The third-order valence-electron chi connectivity index (χ3n) is 2.98. The van der Waals surface area contributed by atoms with Crippen molar-refractivity contribution in [2.24, 2.45) is 16.5 Å². The average molecular weight is 307 g/mol. The average Bonchev–Trinajstić information content (AvgIpc) is 2.50. The molecule has 0 aliphatic rings. The molecule has 1 aromatic carbocycles. The number of nitrogens with zero attached hydrogens (tertiary/aromatic N) is 1. The highest BCUT2D eigenvalue weighted by Crippen LogP contribution is 2.13. The number of unbranched alkanes of at least 4 members (excludes halogenated alkanes) is 3. The first-order chi connectivity index (χ1) is 10.6. The van der Waals surface area contributed by atoms with Gasteiger partial charge in [0.2, 0.25) is 0 Å². The minimum absolute atomic E-state index is 0.148. The number of carbonyl (C=O) groups is 1. The molecule has 22 heavy (non-hydrogen) atoms. The van der Waals surface area contributed by atoms with Gasteiger partial charge >= 0.3 is 5.97 Å². The Morgan fingerprint density at radius 2 is 1.77 bits per heavy atom. The summed E-state index contributed by atoms with van der Waals surface area (Å²) in [6.45, 7) is 3.49. The Balaban J connectivity index is 2.15. The monoisotopic (exact) mass is 307 g/mol. The van der Waals surface area contributed by atoms with Crippen LogP contribution in [0.3, 0.4) is 0 Å². The van der Waals surface area contributed by atoms with Crippen LogP contribution in [0.25, 0.3) is 0 Å². The molecule has 6 nitrogen and oxygen atoms in total. The van der Waals surface area contributed by atoms with E-state index in [1.165, 1.54) is 0 Å². The molecule has 0 fully saturated rings. The molecule has 0 aliphatic carbocycles. The van der Waals surface area contributed by atoms with E-state index in [2.05, 4.69) is 4.99 Å². The van der Waals surface area contributed by atoms with Gasteiger partial charge in [0.1, 0.15) is 5.75 Å². The fraction of sp³-hybridized carbons (Fsp3) is 0.500. The fourth-order valence-electron chi connectivity index (χ4n) is 1.87. The smallest absolute Gasteiger partial charge is 0.338 e. The SMILES string of the molecule is CCOC(=O)c1ccc(OCCCCCCN=C(N)N)cc1. The van der Waals surface area contributed by atoms with Crippen LogP contribution in [-0.2, 0) is 4.74 Å². The molecule has 0 spiro atoms. The molecule has 6 heteroatoms. The van der Waals surface area contributed by atoms with E-state index >= 15 is 0 Å². The van der Waals surface area contributed by atoms with Gasteiger partial charge in [-0.1, -0.05) is 6.42 Å². The van der Waals surface area contributed by atoms with Crippen molar-refractivity contribution < 1.29 is 14.3 Å². The number of nitrogens with two attached hydrogens (primary N) is 2. The molecular formula is C16H25N3O3. The van der Waals surface area contributed by atoms with Crippen LogP contribution < -0.4 is 16.2 Å². The summed E-state index contributed by atoms with van der Waals surface area (Å²) in [5, 5.41) is 0. The van der Waals surface area contributed by atoms with Crippen LogP contribution in [0.5, 0.6) is 5.75 Å². The van der Waals surface area contributed by atoms with Crippen molar-refractivity contribution in [1.29, 1.82) is 0 Å². The predicted molar refractivity (Wildman–Crippen MR) is 87.0 cm³/mol. The Morgan fingerprint density at radius 3 is 2.41 bits per heavy atom. The van der Waals surface area contributed by atoms with Gasteiger partial charge in [-0.05, 0) is 50.5 Å². The van der Waals surface area contributed by atoms with E-state index < -0.39 is 0 Å². The summed E-state index contributed by atoms with van der Waals surface area (Å²) in [7, 11) is 0. The van der Waals surface area contributed by atoms with Gasteiger partial charge in [0.05, 0.1) is 18.8 Å². The third kappa shape index (κ3) is 7.52. The minimum atomic E-state index is -0.310. The highest BCUT2D eigenvalue weighted by atomic mass is 16.5. The number of aliphatic imine (C=N–C) groups is 1. The molecule has 0 radical (unpaired) electrons. The van der Waals surface area contributed by atoms with Crippen LogP contribution in [0.1, 0.15) is 43.0 Å². The maximum atomic E-state index is 11.5. The second kappa shape index (κ2) is 10.5. The normalized spacial score (nSPS) is 10.0. The summed E-state index contributed by atoms with van der Waals surface area (Å²) in [5.41, 5.74) is 11.0.